The van der Waals surface area contributed by atoms with Crippen LogP contribution >= 0.6 is 0 Å². The van der Waals surface area contributed by atoms with Crippen LogP contribution in [0.1, 0.15) is 25.7 Å². The van der Waals surface area contributed by atoms with Gasteiger partial charge in [0.25, 0.3) is 0 Å². The highest BCUT2D eigenvalue weighted by Gasteiger charge is 2.31. The van der Waals surface area contributed by atoms with Gasteiger partial charge in [0.15, 0.2) is 0 Å². The van der Waals surface area contributed by atoms with Crippen molar-refractivity contribution in [2.24, 2.45) is 0 Å². The van der Waals surface area contributed by atoms with Gasteiger partial charge in [0, 0.05) is 19.1 Å². The zero-order chi connectivity index (χ0) is 13.2. The molecule has 2 atom stereocenters. The van der Waals surface area contributed by atoms with Crippen molar-refractivity contribution in [2.45, 2.75) is 37.8 Å². The van der Waals surface area contributed by atoms with Crippen molar-refractivity contribution in [1.82, 2.24) is 14.9 Å². The number of carbonyl (C=O) groups excluding carboxylic acids is 1. The molecule has 2 rings (SSSR count). The first kappa shape index (κ1) is 13.8. The van der Waals surface area contributed by atoms with Gasteiger partial charge >= 0.3 is 0 Å². The molecule has 0 spiro atoms. The van der Waals surface area contributed by atoms with Gasteiger partial charge in [-0.25, -0.2) is 13.1 Å². The molecular weight excluding hydrogens is 254 g/mol. The fourth-order valence-electron chi connectivity index (χ4n) is 2.69. The van der Waals surface area contributed by atoms with Crippen LogP contribution in [0, 0.1) is 0 Å². The van der Waals surface area contributed by atoms with Crippen LogP contribution < -0.4 is 10.0 Å². The summed E-state index contributed by atoms with van der Waals surface area (Å²) in [7, 11) is -3.20. The molecule has 0 saturated carbocycles. The number of amides is 1. The van der Waals surface area contributed by atoms with Gasteiger partial charge in [0.05, 0.1) is 12.3 Å². The number of rotatable bonds is 3. The molecule has 0 aromatic rings. The Labute approximate surface area is 108 Å². The summed E-state index contributed by atoms with van der Waals surface area (Å²) < 4.78 is 25.0. The van der Waals surface area contributed by atoms with Gasteiger partial charge in [0.1, 0.15) is 0 Å². The second-order valence-electron chi connectivity index (χ2n) is 5.16. The largest absolute Gasteiger partial charge is 0.340 e. The minimum Gasteiger partial charge on any atom is -0.340 e. The molecule has 2 saturated heterocycles. The van der Waals surface area contributed by atoms with Crippen LogP contribution in [-0.2, 0) is 14.8 Å². The van der Waals surface area contributed by atoms with E-state index in [-0.39, 0.29) is 18.0 Å². The van der Waals surface area contributed by atoms with Crippen LogP contribution in [-0.4, -0.2) is 57.2 Å². The smallest absolute Gasteiger partial charge is 0.239 e. The summed E-state index contributed by atoms with van der Waals surface area (Å²) in [4.78, 5) is 14.0. The Kier molecular flexibility index (Phi) is 4.24. The number of hydrogen-bond acceptors (Lipinski definition) is 4. The predicted octanol–water partition coefficient (Wildman–Crippen LogP) is -0.721. The highest BCUT2D eigenvalue weighted by atomic mass is 32.2. The Morgan fingerprint density at radius 3 is 2.72 bits per heavy atom. The van der Waals surface area contributed by atoms with E-state index in [0.29, 0.717) is 6.54 Å². The number of hydrogen-bond donors (Lipinski definition) is 2. The minimum atomic E-state index is -3.20. The normalized spacial score (nSPS) is 29.5. The van der Waals surface area contributed by atoms with Gasteiger partial charge in [0.2, 0.25) is 15.9 Å². The minimum absolute atomic E-state index is 0.0676. The molecule has 2 heterocycles. The molecule has 7 heteroatoms. The van der Waals surface area contributed by atoms with Gasteiger partial charge in [-0.3, -0.25) is 4.79 Å². The standard InChI is InChI=1S/C11H21N3O3S/c1-18(16,17)13-9-4-3-7-14(8-9)11(15)10-5-2-6-12-10/h9-10,12-13H,2-8H2,1H3/t9?,10-/m0/s1. The van der Waals surface area contributed by atoms with Crippen LogP contribution in [0.25, 0.3) is 0 Å². The maximum absolute atomic E-state index is 12.2. The van der Waals surface area contributed by atoms with E-state index in [1.54, 1.807) is 4.90 Å². The average molecular weight is 275 g/mol. The third-order valence-electron chi connectivity index (χ3n) is 3.47. The highest BCUT2D eigenvalue weighted by Crippen LogP contribution is 2.15. The van der Waals surface area contributed by atoms with Gasteiger partial charge < -0.3 is 10.2 Å². The molecule has 0 aliphatic carbocycles. The first-order valence-electron chi connectivity index (χ1n) is 6.45. The molecule has 0 radical (unpaired) electrons. The van der Waals surface area contributed by atoms with E-state index in [1.165, 1.54) is 0 Å². The molecule has 18 heavy (non-hydrogen) atoms. The van der Waals surface area contributed by atoms with Crippen molar-refractivity contribution < 1.29 is 13.2 Å². The molecule has 104 valence electrons. The number of nitrogens with one attached hydrogen (secondary N) is 2. The Morgan fingerprint density at radius 2 is 2.11 bits per heavy atom. The molecule has 2 N–H and O–H groups in total. The number of piperidine rings is 1. The van der Waals surface area contributed by atoms with Crippen molar-refractivity contribution in [1.29, 1.82) is 0 Å². The fourth-order valence-corrected chi connectivity index (χ4v) is 3.49. The fraction of sp³-hybridized carbons (Fsp3) is 0.909. The highest BCUT2D eigenvalue weighted by molar-refractivity contribution is 7.88. The summed E-state index contributed by atoms with van der Waals surface area (Å²) in [5.74, 6) is 0.118. The van der Waals surface area contributed by atoms with E-state index >= 15 is 0 Å². The van der Waals surface area contributed by atoms with Crippen LogP contribution in [0.3, 0.4) is 0 Å². The summed E-state index contributed by atoms with van der Waals surface area (Å²) in [5, 5.41) is 3.19. The van der Waals surface area contributed by atoms with Gasteiger partial charge in [-0.1, -0.05) is 0 Å². The van der Waals surface area contributed by atoms with E-state index in [1.807, 2.05) is 0 Å². The Balaban J connectivity index is 1.91. The Hall–Kier alpha value is -0.660. The van der Waals surface area contributed by atoms with Crippen molar-refractivity contribution in [3.63, 3.8) is 0 Å². The number of carbonyl (C=O) groups is 1. The molecule has 2 aliphatic rings. The van der Waals surface area contributed by atoms with Crippen molar-refractivity contribution in [2.75, 3.05) is 25.9 Å². The van der Waals surface area contributed by atoms with Gasteiger partial charge in [-0.15, -0.1) is 0 Å². The molecule has 6 nitrogen and oxygen atoms in total. The monoisotopic (exact) mass is 275 g/mol. The average Bonchev–Trinajstić information content (AvgIpc) is 2.79. The molecule has 2 aliphatic heterocycles. The van der Waals surface area contributed by atoms with Crippen LogP contribution in [0.2, 0.25) is 0 Å². The Morgan fingerprint density at radius 1 is 1.33 bits per heavy atom. The molecule has 0 bridgehead atoms. The van der Waals surface area contributed by atoms with E-state index in [0.717, 1.165) is 45.0 Å². The number of likely N-dealkylation sites (tertiary alicyclic amines) is 1. The summed E-state index contributed by atoms with van der Waals surface area (Å²) in [6, 6.07) is -0.207. The number of sulfonamides is 1. The quantitative estimate of drug-likeness (QED) is 0.712. The van der Waals surface area contributed by atoms with Crippen LogP contribution in [0.4, 0.5) is 0 Å². The molecule has 1 unspecified atom stereocenters. The Bertz CT molecular complexity index is 404. The SMILES string of the molecule is CS(=O)(=O)NC1CCCN(C(=O)[C@@H]2CCCN2)C1. The second kappa shape index (κ2) is 5.54. The second-order valence-corrected chi connectivity index (χ2v) is 6.94. The predicted molar refractivity (Wildman–Crippen MR) is 68.6 cm³/mol. The summed E-state index contributed by atoms with van der Waals surface area (Å²) in [6.07, 6.45) is 4.74. The van der Waals surface area contributed by atoms with Crippen molar-refractivity contribution in [3.05, 3.63) is 0 Å². The first-order valence-corrected chi connectivity index (χ1v) is 8.34. The third-order valence-corrected chi connectivity index (χ3v) is 4.23. The van der Waals surface area contributed by atoms with E-state index in [9.17, 15) is 13.2 Å². The third kappa shape index (κ3) is 3.66. The van der Waals surface area contributed by atoms with Crippen molar-refractivity contribution in [3.8, 4) is 0 Å². The lowest BCUT2D eigenvalue weighted by Crippen LogP contribution is -2.53. The first-order chi connectivity index (χ1) is 8.46. The lowest BCUT2D eigenvalue weighted by atomic mass is 10.1. The zero-order valence-corrected chi connectivity index (χ0v) is 11.5. The van der Waals surface area contributed by atoms with E-state index < -0.39 is 10.0 Å². The topological polar surface area (TPSA) is 78.5 Å². The van der Waals surface area contributed by atoms with Crippen LogP contribution in [0.15, 0.2) is 0 Å². The number of nitrogens with zero attached hydrogens (tertiary/aromatic N) is 1. The van der Waals surface area contributed by atoms with Crippen LogP contribution in [0.5, 0.6) is 0 Å². The summed E-state index contributed by atoms with van der Waals surface area (Å²) >= 11 is 0. The zero-order valence-electron chi connectivity index (χ0n) is 10.7. The van der Waals surface area contributed by atoms with Gasteiger partial charge in [-0.05, 0) is 32.2 Å². The lowest BCUT2D eigenvalue weighted by molar-refractivity contribution is -0.134. The maximum Gasteiger partial charge on any atom is 0.239 e. The molecular formula is C11H21N3O3S. The summed E-state index contributed by atoms with van der Waals surface area (Å²) in [6.45, 7) is 2.12. The summed E-state index contributed by atoms with van der Waals surface area (Å²) in [5.41, 5.74) is 0. The van der Waals surface area contributed by atoms with Crippen molar-refractivity contribution >= 4 is 15.9 Å². The molecule has 1 amide bonds. The van der Waals surface area contributed by atoms with E-state index in [4.69, 9.17) is 0 Å². The molecule has 2 fully saturated rings. The molecule has 0 aromatic heterocycles. The maximum atomic E-state index is 12.2. The molecule has 0 aromatic carbocycles. The van der Waals surface area contributed by atoms with Gasteiger partial charge in [-0.2, -0.15) is 0 Å². The lowest BCUT2D eigenvalue weighted by Gasteiger charge is -2.34. The van der Waals surface area contributed by atoms with E-state index in [2.05, 4.69) is 10.0 Å².